The maximum absolute atomic E-state index is 13.7. The molecule has 0 spiro atoms. The van der Waals surface area contributed by atoms with Crippen molar-refractivity contribution >= 4 is 23.6 Å². The van der Waals surface area contributed by atoms with E-state index in [0.717, 1.165) is 16.7 Å². The van der Waals surface area contributed by atoms with Gasteiger partial charge in [0.2, 0.25) is 5.91 Å². The van der Waals surface area contributed by atoms with Gasteiger partial charge in [0.25, 0.3) is 0 Å². The van der Waals surface area contributed by atoms with Crippen LogP contribution in [0, 0.1) is 12.3 Å². The summed E-state index contributed by atoms with van der Waals surface area (Å²) in [5.74, 6) is -0.110. The van der Waals surface area contributed by atoms with Crippen molar-refractivity contribution in [1.29, 1.82) is 0 Å². The number of carbonyl (C=O) groups is 2. The molecule has 0 radical (unpaired) electrons. The molecule has 2 aromatic carbocycles. The van der Waals surface area contributed by atoms with Crippen LogP contribution in [0.3, 0.4) is 0 Å². The van der Waals surface area contributed by atoms with E-state index in [4.69, 9.17) is 16.3 Å². The second-order valence-corrected chi connectivity index (χ2v) is 9.83. The van der Waals surface area contributed by atoms with Crippen LogP contribution in [-0.2, 0) is 9.53 Å². The Kier molecular flexibility index (Phi) is 6.01. The summed E-state index contributed by atoms with van der Waals surface area (Å²) in [5.41, 5.74) is 1.53. The molecule has 1 saturated carbocycles. The maximum Gasteiger partial charge on any atom is 0.417 e. The highest BCUT2D eigenvalue weighted by Gasteiger charge is 2.59. The fourth-order valence-electron chi connectivity index (χ4n) is 3.85. The fraction of sp³-hybridized carbons (Fsp3) is 0.440. The van der Waals surface area contributed by atoms with Crippen LogP contribution in [-0.4, -0.2) is 22.5 Å². The average Bonchev–Trinajstić information content (AvgIpc) is 3.36. The van der Waals surface area contributed by atoms with Crippen molar-refractivity contribution in [3.05, 3.63) is 70.2 Å². The van der Waals surface area contributed by atoms with Crippen LogP contribution in [0.1, 0.15) is 69.7 Å². The molecule has 2 amide bonds. The number of rotatable bonds is 4. The van der Waals surface area contributed by atoms with E-state index in [-0.39, 0.29) is 11.8 Å². The second-order valence-electron chi connectivity index (χ2n) is 9.42. The molecule has 5 heteroatoms. The molecule has 160 valence electrons. The number of hydrogen-bond donors (Lipinski definition) is 0. The Morgan fingerprint density at radius 2 is 1.80 bits per heavy atom. The Morgan fingerprint density at radius 3 is 2.37 bits per heavy atom. The number of nitrogens with zero attached hydrogens (tertiary/aromatic N) is 1. The zero-order chi connectivity index (χ0) is 22.3. The van der Waals surface area contributed by atoms with Crippen molar-refractivity contribution in [2.24, 2.45) is 5.41 Å². The lowest BCUT2D eigenvalue weighted by molar-refractivity contribution is -0.137. The third-order valence-electron chi connectivity index (χ3n) is 5.79. The van der Waals surface area contributed by atoms with Gasteiger partial charge in [-0.2, -0.15) is 0 Å². The highest BCUT2D eigenvalue weighted by Crippen LogP contribution is 2.60. The van der Waals surface area contributed by atoms with Crippen molar-refractivity contribution in [3.63, 3.8) is 0 Å². The van der Waals surface area contributed by atoms with Gasteiger partial charge in [0.1, 0.15) is 5.60 Å². The van der Waals surface area contributed by atoms with Crippen LogP contribution in [0.4, 0.5) is 4.79 Å². The Morgan fingerprint density at radius 1 is 1.17 bits per heavy atom. The van der Waals surface area contributed by atoms with Gasteiger partial charge in [-0.3, -0.25) is 4.79 Å². The first-order valence-corrected chi connectivity index (χ1v) is 10.7. The van der Waals surface area contributed by atoms with E-state index >= 15 is 0 Å². The number of halogens is 1. The van der Waals surface area contributed by atoms with E-state index < -0.39 is 23.2 Å². The zero-order valence-corrected chi connectivity index (χ0v) is 19.3. The Labute approximate surface area is 184 Å². The van der Waals surface area contributed by atoms with Crippen molar-refractivity contribution in [1.82, 2.24) is 4.90 Å². The van der Waals surface area contributed by atoms with Crippen LogP contribution in [0.2, 0.25) is 5.02 Å². The number of aryl methyl sites for hydroxylation is 1. The molecule has 1 unspecified atom stereocenters. The predicted octanol–water partition coefficient (Wildman–Crippen LogP) is 6.67. The third-order valence-corrected chi connectivity index (χ3v) is 6.21. The monoisotopic (exact) mass is 427 g/mol. The van der Waals surface area contributed by atoms with Crippen LogP contribution >= 0.6 is 11.6 Å². The minimum absolute atomic E-state index is 0.0929. The largest absolute Gasteiger partial charge is 0.443 e. The number of carbonyl (C=O) groups excluding carboxylic acids is 2. The van der Waals surface area contributed by atoms with Gasteiger partial charge >= 0.3 is 6.09 Å². The first kappa shape index (κ1) is 22.4. The highest BCUT2D eigenvalue weighted by atomic mass is 35.5. The van der Waals surface area contributed by atoms with E-state index in [1.807, 2.05) is 63.2 Å². The molecule has 1 aliphatic carbocycles. The summed E-state index contributed by atoms with van der Waals surface area (Å²) in [6.07, 6.45) is 0.0918. The third kappa shape index (κ3) is 4.54. The predicted molar refractivity (Wildman–Crippen MR) is 120 cm³/mol. The Balaban J connectivity index is 1.94. The van der Waals surface area contributed by atoms with Gasteiger partial charge in [-0.25, -0.2) is 9.69 Å². The molecule has 0 saturated heterocycles. The lowest BCUT2D eigenvalue weighted by Crippen LogP contribution is -2.45. The highest BCUT2D eigenvalue weighted by molar-refractivity contribution is 6.31. The van der Waals surface area contributed by atoms with Crippen LogP contribution in [0.15, 0.2) is 48.5 Å². The zero-order valence-electron chi connectivity index (χ0n) is 18.5. The molecule has 2 aromatic rings. The first-order chi connectivity index (χ1) is 13.9. The number of hydrogen-bond acceptors (Lipinski definition) is 3. The quantitative estimate of drug-likeness (QED) is 0.547. The first-order valence-electron chi connectivity index (χ1n) is 10.3. The van der Waals surface area contributed by atoms with Crippen molar-refractivity contribution in [3.8, 4) is 0 Å². The van der Waals surface area contributed by atoms with Gasteiger partial charge < -0.3 is 4.74 Å². The second kappa shape index (κ2) is 8.07. The molecule has 4 nitrogen and oxygen atoms in total. The lowest BCUT2D eigenvalue weighted by atomic mass is 9.97. The molecular formula is C25H30ClNO3. The van der Waals surface area contributed by atoms with Crippen LogP contribution < -0.4 is 0 Å². The number of imide groups is 1. The van der Waals surface area contributed by atoms with Crippen molar-refractivity contribution < 1.29 is 14.3 Å². The Hall–Kier alpha value is -2.33. The standard InChI is InChI=1S/C25H30ClNO3/c1-16-14-19(12-13-21(16)26)17(2)27(23(29)30-24(3,4)5)22(28)25(6)15-20(25)18-10-8-7-9-11-18/h7-14,17,20H,15H2,1-6H3/t17-,20-,25?/m0/s1. The molecule has 0 heterocycles. The summed E-state index contributed by atoms with van der Waals surface area (Å²) in [5, 5.41) is 0.652. The molecule has 0 aliphatic heterocycles. The summed E-state index contributed by atoms with van der Waals surface area (Å²) in [7, 11) is 0. The topological polar surface area (TPSA) is 46.6 Å². The van der Waals surface area contributed by atoms with E-state index in [2.05, 4.69) is 0 Å². The van der Waals surface area contributed by atoms with Gasteiger partial charge in [0, 0.05) is 5.02 Å². The molecule has 0 N–H and O–H groups in total. The molecule has 3 atom stereocenters. The SMILES string of the molecule is Cc1cc([C@H](C)N(C(=O)OC(C)(C)C)C(=O)C2(C)C[C@H]2c2ccccc2)ccc1Cl. The Bertz CT molecular complexity index is 951. The van der Waals surface area contributed by atoms with Crippen LogP contribution in [0.5, 0.6) is 0 Å². The van der Waals surface area contributed by atoms with Crippen molar-refractivity contribution in [2.75, 3.05) is 0 Å². The van der Waals surface area contributed by atoms with Crippen LogP contribution in [0.25, 0.3) is 0 Å². The van der Waals surface area contributed by atoms with Crippen molar-refractivity contribution in [2.45, 2.75) is 65.5 Å². The van der Waals surface area contributed by atoms with E-state index in [0.29, 0.717) is 11.4 Å². The summed E-state index contributed by atoms with van der Waals surface area (Å²) in [4.78, 5) is 28.1. The number of amides is 2. The fourth-order valence-corrected chi connectivity index (χ4v) is 3.97. The summed E-state index contributed by atoms with van der Waals surface area (Å²) >= 11 is 6.17. The van der Waals surface area contributed by atoms with E-state index in [9.17, 15) is 9.59 Å². The van der Waals surface area contributed by atoms with Gasteiger partial charge in [-0.15, -0.1) is 0 Å². The summed E-state index contributed by atoms with van der Waals surface area (Å²) in [6, 6.07) is 15.1. The smallest absolute Gasteiger partial charge is 0.417 e. The molecular weight excluding hydrogens is 398 g/mol. The van der Waals surface area contributed by atoms with Gasteiger partial charge in [-0.05, 0) is 69.7 Å². The minimum Gasteiger partial charge on any atom is -0.443 e. The number of ether oxygens (including phenoxy) is 1. The van der Waals surface area contributed by atoms with Gasteiger partial charge in [-0.1, -0.05) is 61.0 Å². The summed E-state index contributed by atoms with van der Waals surface area (Å²) < 4.78 is 5.62. The summed E-state index contributed by atoms with van der Waals surface area (Å²) in [6.45, 7) is 11.1. The normalized spacial score (nSPS) is 21.6. The molecule has 1 fully saturated rings. The number of benzene rings is 2. The molecule has 30 heavy (non-hydrogen) atoms. The van der Waals surface area contributed by atoms with E-state index in [1.165, 1.54) is 4.90 Å². The molecule has 0 aromatic heterocycles. The maximum atomic E-state index is 13.7. The van der Waals surface area contributed by atoms with Gasteiger partial charge in [0.05, 0.1) is 11.5 Å². The average molecular weight is 428 g/mol. The van der Waals surface area contributed by atoms with Gasteiger partial charge in [0.15, 0.2) is 0 Å². The molecule has 3 rings (SSSR count). The molecule has 0 bridgehead atoms. The minimum atomic E-state index is -0.700. The molecule has 1 aliphatic rings. The lowest BCUT2D eigenvalue weighted by Gasteiger charge is -2.32. The van der Waals surface area contributed by atoms with E-state index in [1.54, 1.807) is 26.8 Å².